The number of carbonyl (C=O) groups is 3. The first-order chi connectivity index (χ1) is 15.8. The molecule has 0 atom stereocenters. The number of aryl methyl sites for hydroxylation is 1. The first-order valence-electron chi connectivity index (χ1n) is 10.3. The second-order valence-electron chi connectivity index (χ2n) is 7.67. The molecule has 4 amide bonds. The topological polar surface area (TPSA) is 75.7 Å². The van der Waals surface area contributed by atoms with Gasteiger partial charge in [0, 0.05) is 0 Å². The van der Waals surface area contributed by atoms with Crippen LogP contribution >= 0.6 is 0 Å². The lowest BCUT2D eigenvalue weighted by molar-refractivity contribution is -0.122. The fraction of sp³-hybridized carbons (Fsp3) is 0.115. The van der Waals surface area contributed by atoms with E-state index in [1.807, 2.05) is 19.9 Å². The summed E-state index contributed by atoms with van der Waals surface area (Å²) in [5, 5.41) is 2.23. The van der Waals surface area contributed by atoms with Crippen molar-refractivity contribution < 1.29 is 23.5 Å². The quantitative estimate of drug-likeness (QED) is 0.458. The summed E-state index contributed by atoms with van der Waals surface area (Å²) < 4.78 is 19.1. The smallest absolute Gasteiger partial charge is 0.335 e. The van der Waals surface area contributed by atoms with Crippen LogP contribution in [0.15, 0.2) is 72.3 Å². The SMILES string of the molecule is Cc1cccc(N2C(=O)NC(=O)/C(=C/c3cccc(OCc4cccc(F)c4)c3)C2=O)c1C. The van der Waals surface area contributed by atoms with E-state index >= 15 is 0 Å². The van der Waals surface area contributed by atoms with Crippen LogP contribution in [0.2, 0.25) is 0 Å². The molecular formula is C26H21FN2O4. The largest absolute Gasteiger partial charge is 0.489 e. The van der Waals surface area contributed by atoms with Crippen LogP contribution in [-0.2, 0) is 16.2 Å². The van der Waals surface area contributed by atoms with Crippen LogP contribution < -0.4 is 15.0 Å². The molecule has 1 heterocycles. The first kappa shape index (κ1) is 22.0. The molecule has 166 valence electrons. The first-order valence-corrected chi connectivity index (χ1v) is 10.3. The Labute approximate surface area is 190 Å². The van der Waals surface area contributed by atoms with Crippen LogP contribution in [0.5, 0.6) is 5.75 Å². The maximum absolute atomic E-state index is 13.4. The number of nitrogens with one attached hydrogen (secondary N) is 1. The third-order valence-corrected chi connectivity index (χ3v) is 5.38. The Hall–Kier alpha value is -4.26. The van der Waals surface area contributed by atoms with E-state index in [9.17, 15) is 18.8 Å². The van der Waals surface area contributed by atoms with Crippen molar-refractivity contribution in [3.63, 3.8) is 0 Å². The van der Waals surface area contributed by atoms with Gasteiger partial charge in [-0.25, -0.2) is 14.1 Å². The van der Waals surface area contributed by atoms with Gasteiger partial charge >= 0.3 is 6.03 Å². The highest BCUT2D eigenvalue weighted by Crippen LogP contribution is 2.27. The van der Waals surface area contributed by atoms with Gasteiger partial charge in [-0.05, 0) is 72.5 Å². The summed E-state index contributed by atoms with van der Waals surface area (Å²) in [5.41, 5.74) is 3.14. The van der Waals surface area contributed by atoms with Gasteiger partial charge in [0.25, 0.3) is 11.8 Å². The average Bonchev–Trinajstić information content (AvgIpc) is 2.78. The highest BCUT2D eigenvalue weighted by Gasteiger charge is 2.37. The fourth-order valence-corrected chi connectivity index (χ4v) is 3.51. The van der Waals surface area contributed by atoms with Crippen molar-refractivity contribution in [2.24, 2.45) is 0 Å². The number of benzene rings is 3. The minimum atomic E-state index is -0.789. The van der Waals surface area contributed by atoms with Crippen molar-refractivity contribution in [3.05, 3.63) is 100 Å². The van der Waals surface area contributed by atoms with Crippen LogP contribution in [-0.4, -0.2) is 17.8 Å². The van der Waals surface area contributed by atoms with Gasteiger partial charge in [-0.3, -0.25) is 14.9 Å². The summed E-state index contributed by atoms with van der Waals surface area (Å²) in [4.78, 5) is 39.1. The number of hydrogen-bond donors (Lipinski definition) is 1. The number of nitrogens with zero attached hydrogens (tertiary/aromatic N) is 1. The fourth-order valence-electron chi connectivity index (χ4n) is 3.51. The molecule has 4 rings (SSSR count). The number of hydrogen-bond acceptors (Lipinski definition) is 4. The van der Waals surface area contributed by atoms with Crippen LogP contribution in [0.25, 0.3) is 6.08 Å². The molecule has 3 aromatic rings. The highest BCUT2D eigenvalue weighted by molar-refractivity contribution is 6.39. The zero-order valence-electron chi connectivity index (χ0n) is 18.1. The second-order valence-corrected chi connectivity index (χ2v) is 7.67. The van der Waals surface area contributed by atoms with E-state index in [0.29, 0.717) is 22.6 Å². The molecule has 1 saturated heterocycles. The lowest BCUT2D eigenvalue weighted by Gasteiger charge is -2.28. The number of barbiturate groups is 1. The molecular weight excluding hydrogens is 423 g/mol. The monoisotopic (exact) mass is 444 g/mol. The molecule has 1 fully saturated rings. The van der Waals surface area contributed by atoms with Crippen LogP contribution in [0.4, 0.5) is 14.9 Å². The van der Waals surface area contributed by atoms with Crippen LogP contribution in [0, 0.1) is 19.7 Å². The van der Waals surface area contributed by atoms with Gasteiger partial charge in [-0.15, -0.1) is 0 Å². The number of carbonyl (C=O) groups excluding carboxylic acids is 3. The number of ether oxygens (including phenoxy) is 1. The summed E-state index contributed by atoms with van der Waals surface area (Å²) >= 11 is 0. The van der Waals surface area contributed by atoms with Crippen molar-refractivity contribution in [2.75, 3.05) is 4.90 Å². The Kier molecular flexibility index (Phi) is 6.04. The molecule has 0 bridgehead atoms. The number of halogens is 1. The number of amides is 4. The Morgan fingerprint density at radius 3 is 2.52 bits per heavy atom. The summed E-state index contributed by atoms with van der Waals surface area (Å²) in [5.74, 6) is -1.33. The van der Waals surface area contributed by atoms with Gasteiger partial charge < -0.3 is 4.74 Å². The third-order valence-electron chi connectivity index (χ3n) is 5.38. The maximum Gasteiger partial charge on any atom is 0.335 e. The lowest BCUT2D eigenvalue weighted by atomic mass is 10.0. The molecule has 0 radical (unpaired) electrons. The standard InChI is InChI=1S/C26H21FN2O4/c1-16-6-3-11-23(17(16)2)29-25(31)22(24(30)28-26(29)32)14-18-7-5-10-21(13-18)33-15-19-8-4-9-20(27)12-19/h3-14H,15H2,1-2H3,(H,28,30,32)/b22-14-. The Balaban J connectivity index is 1.60. The van der Waals surface area contributed by atoms with Crippen LogP contribution in [0.3, 0.4) is 0 Å². The molecule has 0 aliphatic carbocycles. The molecule has 1 N–H and O–H groups in total. The minimum absolute atomic E-state index is 0.159. The van der Waals surface area contributed by atoms with E-state index in [1.54, 1.807) is 48.5 Å². The maximum atomic E-state index is 13.4. The van der Waals surface area contributed by atoms with E-state index < -0.39 is 17.8 Å². The van der Waals surface area contributed by atoms with Crippen molar-refractivity contribution in [2.45, 2.75) is 20.5 Å². The number of rotatable bonds is 5. The molecule has 3 aromatic carbocycles. The van der Waals surface area contributed by atoms with E-state index in [0.717, 1.165) is 16.0 Å². The Bertz CT molecular complexity index is 1300. The molecule has 1 aliphatic heterocycles. The van der Waals surface area contributed by atoms with E-state index in [4.69, 9.17) is 4.74 Å². The molecule has 0 unspecified atom stereocenters. The van der Waals surface area contributed by atoms with Crippen LogP contribution in [0.1, 0.15) is 22.3 Å². The number of imide groups is 2. The van der Waals surface area contributed by atoms with E-state index in [1.165, 1.54) is 18.2 Å². The molecule has 6 nitrogen and oxygen atoms in total. The number of anilines is 1. The zero-order valence-corrected chi connectivity index (χ0v) is 18.1. The summed E-state index contributed by atoms with van der Waals surface area (Å²) in [6.45, 7) is 3.85. The Morgan fingerprint density at radius 2 is 1.73 bits per heavy atom. The third kappa shape index (κ3) is 4.67. The normalized spacial score (nSPS) is 15.1. The van der Waals surface area contributed by atoms with Crippen molar-refractivity contribution in [1.29, 1.82) is 0 Å². The lowest BCUT2D eigenvalue weighted by Crippen LogP contribution is -2.54. The zero-order chi connectivity index (χ0) is 23.5. The highest BCUT2D eigenvalue weighted by atomic mass is 19.1. The molecule has 0 aromatic heterocycles. The van der Waals surface area contributed by atoms with Crippen molar-refractivity contribution in [1.82, 2.24) is 5.32 Å². The van der Waals surface area contributed by atoms with Gasteiger partial charge in [0.05, 0.1) is 5.69 Å². The van der Waals surface area contributed by atoms with Gasteiger partial charge in [-0.1, -0.05) is 36.4 Å². The summed E-state index contributed by atoms with van der Waals surface area (Å²) in [6.07, 6.45) is 1.41. The number of urea groups is 1. The van der Waals surface area contributed by atoms with E-state index in [2.05, 4.69) is 5.32 Å². The van der Waals surface area contributed by atoms with E-state index in [-0.39, 0.29) is 18.0 Å². The minimum Gasteiger partial charge on any atom is -0.489 e. The molecule has 0 saturated carbocycles. The second kappa shape index (κ2) is 9.08. The molecule has 0 spiro atoms. The van der Waals surface area contributed by atoms with Gasteiger partial charge in [0.1, 0.15) is 23.7 Å². The van der Waals surface area contributed by atoms with Crippen molar-refractivity contribution in [3.8, 4) is 5.75 Å². The van der Waals surface area contributed by atoms with Gasteiger partial charge in [0.2, 0.25) is 0 Å². The predicted octanol–water partition coefficient (Wildman–Crippen LogP) is 4.69. The van der Waals surface area contributed by atoms with Crippen molar-refractivity contribution >= 4 is 29.6 Å². The predicted molar refractivity (Wildman–Crippen MR) is 122 cm³/mol. The molecule has 1 aliphatic rings. The Morgan fingerprint density at radius 1 is 0.970 bits per heavy atom. The van der Waals surface area contributed by atoms with Gasteiger partial charge in [-0.2, -0.15) is 0 Å². The average molecular weight is 444 g/mol. The molecule has 7 heteroatoms. The summed E-state index contributed by atoms with van der Waals surface area (Å²) in [6, 6.07) is 17.4. The molecule has 33 heavy (non-hydrogen) atoms. The van der Waals surface area contributed by atoms with Gasteiger partial charge in [0.15, 0.2) is 0 Å². The summed E-state index contributed by atoms with van der Waals surface area (Å²) in [7, 11) is 0.